The zero-order chi connectivity index (χ0) is 12.5. The predicted octanol–water partition coefficient (Wildman–Crippen LogP) is 1.57. The van der Waals surface area contributed by atoms with E-state index in [0.29, 0.717) is 22.4 Å². The Labute approximate surface area is 114 Å². The number of piperidine rings is 1. The number of aromatic amines is 1. The first-order valence-electron chi connectivity index (χ1n) is 6.49. The lowest BCUT2D eigenvalue weighted by molar-refractivity contribution is 0.192. The molecule has 2 atom stereocenters. The van der Waals surface area contributed by atoms with Crippen LogP contribution in [0.5, 0.6) is 0 Å². The number of rotatable bonds is 2. The van der Waals surface area contributed by atoms with E-state index in [2.05, 4.69) is 36.1 Å². The van der Waals surface area contributed by atoms with Gasteiger partial charge in [-0.25, -0.2) is 4.98 Å². The standard InChI is InChI=1S/C12H17BrN4O/c13-10-11(14-7-15-12(10)18)16-8-4-6-17-5-2-1-3-9(8)17/h7-9H,1-6H2,(H2,14,15,16,18). The quantitative estimate of drug-likeness (QED) is 0.870. The van der Waals surface area contributed by atoms with Crippen LogP contribution < -0.4 is 10.9 Å². The highest BCUT2D eigenvalue weighted by atomic mass is 79.9. The van der Waals surface area contributed by atoms with Crippen molar-refractivity contribution in [3.63, 3.8) is 0 Å². The summed E-state index contributed by atoms with van der Waals surface area (Å²) in [6.45, 7) is 2.37. The van der Waals surface area contributed by atoms with Crippen molar-refractivity contribution in [2.45, 2.75) is 37.8 Å². The number of anilines is 1. The van der Waals surface area contributed by atoms with E-state index >= 15 is 0 Å². The fourth-order valence-corrected chi connectivity index (χ4v) is 3.41. The molecule has 2 fully saturated rings. The van der Waals surface area contributed by atoms with Crippen LogP contribution in [0, 0.1) is 0 Å². The van der Waals surface area contributed by atoms with Crippen molar-refractivity contribution in [2.24, 2.45) is 0 Å². The van der Waals surface area contributed by atoms with Crippen LogP contribution in [0.15, 0.2) is 15.6 Å². The summed E-state index contributed by atoms with van der Waals surface area (Å²) in [5.74, 6) is 0.663. The van der Waals surface area contributed by atoms with Crippen LogP contribution in [-0.4, -0.2) is 40.0 Å². The van der Waals surface area contributed by atoms with Gasteiger partial charge in [0.1, 0.15) is 10.3 Å². The Bertz CT molecular complexity index is 489. The Morgan fingerprint density at radius 2 is 2.28 bits per heavy atom. The van der Waals surface area contributed by atoms with Crippen molar-refractivity contribution in [3.8, 4) is 0 Å². The zero-order valence-electron chi connectivity index (χ0n) is 10.2. The zero-order valence-corrected chi connectivity index (χ0v) is 11.7. The molecule has 0 bridgehead atoms. The highest BCUT2D eigenvalue weighted by Gasteiger charge is 2.35. The van der Waals surface area contributed by atoms with Crippen LogP contribution in [-0.2, 0) is 0 Å². The molecule has 0 aliphatic carbocycles. The van der Waals surface area contributed by atoms with Crippen LogP contribution in [0.25, 0.3) is 0 Å². The Balaban J connectivity index is 1.76. The maximum Gasteiger partial charge on any atom is 0.267 e. The van der Waals surface area contributed by atoms with E-state index in [1.54, 1.807) is 0 Å². The third-order valence-corrected chi connectivity index (χ3v) is 4.71. The predicted molar refractivity (Wildman–Crippen MR) is 73.8 cm³/mol. The van der Waals surface area contributed by atoms with E-state index in [-0.39, 0.29) is 5.56 Å². The Morgan fingerprint density at radius 3 is 3.17 bits per heavy atom. The van der Waals surface area contributed by atoms with Crippen molar-refractivity contribution < 1.29 is 0 Å². The minimum atomic E-state index is -0.133. The largest absolute Gasteiger partial charge is 0.365 e. The van der Waals surface area contributed by atoms with E-state index in [1.165, 1.54) is 32.1 Å². The third kappa shape index (κ3) is 2.19. The second kappa shape index (κ2) is 5.01. The first-order valence-corrected chi connectivity index (χ1v) is 7.29. The number of aromatic nitrogens is 2. The first kappa shape index (κ1) is 12.2. The van der Waals surface area contributed by atoms with Crippen molar-refractivity contribution in [1.29, 1.82) is 0 Å². The summed E-state index contributed by atoms with van der Waals surface area (Å²) >= 11 is 3.29. The maximum absolute atomic E-state index is 11.5. The third-order valence-electron chi connectivity index (χ3n) is 3.97. The van der Waals surface area contributed by atoms with Gasteiger partial charge in [-0.3, -0.25) is 9.69 Å². The maximum atomic E-state index is 11.5. The number of fused-ring (bicyclic) bond motifs is 1. The number of hydrogen-bond donors (Lipinski definition) is 2. The second-order valence-electron chi connectivity index (χ2n) is 5.03. The molecule has 2 unspecified atom stereocenters. The van der Waals surface area contributed by atoms with E-state index in [4.69, 9.17) is 0 Å². The molecular weight excluding hydrogens is 296 g/mol. The summed E-state index contributed by atoms with van der Waals surface area (Å²) in [6, 6.07) is 1.02. The van der Waals surface area contributed by atoms with Gasteiger partial charge >= 0.3 is 0 Å². The normalized spacial score (nSPS) is 28.1. The van der Waals surface area contributed by atoms with Gasteiger partial charge in [0.15, 0.2) is 0 Å². The fourth-order valence-electron chi connectivity index (χ4n) is 3.07. The molecule has 6 heteroatoms. The fraction of sp³-hybridized carbons (Fsp3) is 0.667. The lowest BCUT2D eigenvalue weighted by Crippen LogP contribution is -2.42. The Kier molecular flexibility index (Phi) is 3.39. The summed E-state index contributed by atoms with van der Waals surface area (Å²) in [5, 5.41) is 3.43. The van der Waals surface area contributed by atoms with Gasteiger partial charge in [0.05, 0.1) is 6.33 Å². The smallest absolute Gasteiger partial charge is 0.267 e. The number of halogens is 1. The van der Waals surface area contributed by atoms with Crippen molar-refractivity contribution >= 4 is 21.7 Å². The summed E-state index contributed by atoms with van der Waals surface area (Å²) < 4.78 is 0.499. The summed E-state index contributed by atoms with van der Waals surface area (Å²) in [5.41, 5.74) is -0.133. The molecule has 0 spiro atoms. The van der Waals surface area contributed by atoms with E-state index in [0.717, 1.165) is 13.0 Å². The van der Waals surface area contributed by atoms with Gasteiger partial charge in [0.25, 0.3) is 5.56 Å². The molecule has 98 valence electrons. The van der Waals surface area contributed by atoms with Crippen LogP contribution >= 0.6 is 15.9 Å². The minimum Gasteiger partial charge on any atom is -0.365 e. The monoisotopic (exact) mass is 312 g/mol. The highest BCUT2D eigenvalue weighted by Crippen LogP contribution is 2.29. The van der Waals surface area contributed by atoms with Crippen molar-refractivity contribution in [2.75, 3.05) is 18.4 Å². The first-order chi connectivity index (χ1) is 8.75. The number of nitrogens with one attached hydrogen (secondary N) is 2. The molecule has 2 aliphatic heterocycles. The van der Waals surface area contributed by atoms with E-state index < -0.39 is 0 Å². The van der Waals surface area contributed by atoms with E-state index in [9.17, 15) is 4.79 Å². The molecule has 0 saturated carbocycles. The van der Waals surface area contributed by atoms with Crippen LogP contribution in [0.1, 0.15) is 25.7 Å². The van der Waals surface area contributed by atoms with Crippen LogP contribution in [0.3, 0.4) is 0 Å². The van der Waals surface area contributed by atoms with Crippen molar-refractivity contribution in [3.05, 3.63) is 21.2 Å². The minimum absolute atomic E-state index is 0.133. The van der Waals surface area contributed by atoms with Crippen molar-refractivity contribution in [1.82, 2.24) is 14.9 Å². The Hall–Kier alpha value is -0.880. The lowest BCUT2D eigenvalue weighted by atomic mass is 9.99. The molecule has 3 heterocycles. The van der Waals surface area contributed by atoms with Gasteiger partial charge in [0.2, 0.25) is 0 Å². The highest BCUT2D eigenvalue weighted by molar-refractivity contribution is 9.10. The van der Waals surface area contributed by atoms with E-state index in [1.807, 2.05) is 0 Å². The number of nitrogens with zero attached hydrogens (tertiary/aromatic N) is 2. The molecule has 18 heavy (non-hydrogen) atoms. The SMILES string of the molecule is O=c1[nH]cnc(NC2CCN3CCCCC23)c1Br. The summed E-state index contributed by atoms with van der Waals surface area (Å²) in [6.07, 6.45) is 6.45. The van der Waals surface area contributed by atoms with Crippen LogP contribution in [0.2, 0.25) is 0 Å². The van der Waals surface area contributed by atoms with Gasteiger partial charge in [-0.1, -0.05) is 6.42 Å². The molecule has 0 amide bonds. The second-order valence-corrected chi connectivity index (χ2v) is 5.83. The molecule has 0 radical (unpaired) electrons. The van der Waals surface area contributed by atoms with Gasteiger partial charge < -0.3 is 10.3 Å². The molecule has 1 aromatic heterocycles. The van der Waals surface area contributed by atoms with Gasteiger partial charge in [-0.15, -0.1) is 0 Å². The average molecular weight is 313 g/mol. The van der Waals surface area contributed by atoms with Gasteiger partial charge in [-0.2, -0.15) is 0 Å². The molecule has 2 aliphatic rings. The van der Waals surface area contributed by atoms with Gasteiger partial charge in [0, 0.05) is 18.6 Å². The summed E-state index contributed by atoms with van der Waals surface area (Å²) in [4.78, 5) is 20.8. The average Bonchev–Trinajstić information content (AvgIpc) is 2.79. The Morgan fingerprint density at radius 1 is 1.39 bits per heavy atom. The molecule has 2 N–H and O–H groups in total. The molecule has 0 aromatic carbocycles. The van der Waals surface area contributed by atoms with Crippen LogP contribution in [0.4, 0.5) is 5.82 Å². The van der Waals surface area contributed by atoms with Gasteiger partial charge in [-0.05, 0) is 41.7 Å². The molecule has 3 rings (SSSR count). The molecular formula is C12H17BrN4O. The molecule has 2 saturated heterocycles. The molecule has 1 aromatic rings. The lowest BCUT2D eigenvalue weighted by Gasteiger charge is -2.32. The number of hydrogen-bond acceptors (Lipinski definition) is 4. The summed E-state index contributed by atoms with van der Waals surface area (Å²) in [7, 11) is 0. The number of H-pyrrole nitrogens is 1. The topological polar surface area (TPSA) is 61.0 Å². The molecule has 5 nitrogen and oxygen atoms in total.